The van der Waals surface area contributed by atoms with Gasteiger partial charge in [0.25, 0.3) is 0 Å². The zero-order valence-corrected chi connectivity index (χ0v) is 9.02. The fraction of sp³-hybridized carbons (Fsp3) is 0.900. The predicted molar refractivity (Wildman–Crippen MR) is 55.4 cm³/mol. The molecule has 1 amide bonds. The van der Waals surface area contributed by atoms with Gasteiger partial charge in [0.1, 0.15) is 0 Å². The Morgan fingerprint density at radius 2 is 2.08 bits per heavy atom. The summed E-state index contributed by atoms with van der Waals surface area (Å²) in [5.41, 5.74) is 5.18. The Bertz CT molecular complexity index is 153. The molecule has 0 aromatic heterocycles. The van der Waals surface area contributed by atoms with E-state index in [0.29, 0.717) is 6.54 Å². The van der Waals surface area contributed by atoms with Crippen LogP contribution in [-0.2, 0) is 4.79 Å². The molecule has 0 rings (SSSR count). The van der Waals surface area contributed by atoms with E-state index < -0.39 is 0 Å². The number of rotatable bonds is 6. The van der Waals surface area contributed by atoms with E-state index in [9.17, 15) is 4.79 Å². The zero-order chi connectivity index (χ0) is 10.3. The number of nitrogens with one attached hydrogen (secondary N) is 1. The first kappa shape index (κ1) is 12.4. The van der Waals surface area contributed by atoms with E-state index in [4.69, 9.17) is 5.73 Å². The largest absolute Gasteiger partial charge is 0.356 e. The third kappa shape index (κ3) is 3.77. The molecule has 78 valence electrons. The summed E-state index contributed by atoms with van der Waals surface area (Å²) >= 11 is 0. The molecule has 13 heavy (non-hydrogen) atoms. The number of carbonyl (C=O) groups excluding carboxylic acids is 1. The second-order valence-electron chi connectivity index (χ2n) is 3.73. The van der Waals surface area contributed by atoms with Crippen molar-refractivity contribution in [1.29, 1.82) is 0 Å². The van der Waals surface area contributed by atoms with Crippen molar-refractivity contribution < 1.29 is 4.79 Å². The van der Waals surface area contributed by atoms with Crippen molar-refractivity contribution in [3.63, 3.8) is 0 Å². The van der Waals surface area contributed by atoms with Crippen molar-refractivity contribution in [2.75, 3.05) is 13.1 Å². The molecule has 3 N–H and O–H groups in total. The van der Waals surface area contributed by atoms with Gasteiger partial charge in [-0.3, -0.25) is 4.79 Å². The van der Waals surface area contributed by atoms with Crippen LogP contribution in [0.4, 0.5) is 0 Å². The van der Waals surface area contributed by atoms with Gasteiger partial charge in [-0.25, -0.2) is 0 Å². The van der Waals surface area contributed by atoms with E-state index in [1.54, 1.807) is 0 Å². The Balaban J connectivity index is 3.92. The van der Waals surface area contributed by atoms with Crippen LogP contribution in [-0.4, -0.2) is 19.0 Å². The molecule has 0 aromatic carbocycles. The van der Waals surface area contributed by atoms with Crippen LogP contribution in [0.15, 0.2) is 0 Å². The first-order valence-corrected chi connectivity index (χ1v) is 5.09. The summed E-state index contributed by atoms with van der Waals surface area (Å²) in [6.45, 7) is 7.20. The van der Waals surface area contributed by atoms with E-state index in [1.807, 2.05) is 13.8 Å². The molecule has 0 spiro atoms. The van der Waals surface area contributed by atoms with Crippen LogP contribution in [0.25, 0.3) is 0 Å². The zero-order valence-electron chi connectivity index (χ0n) is 9.02. The molecule has 0 aliphatic rings. The lowest BCUT2D eigenvalue weighted by Gasteiger charge is -2.24. The molecule has 3 nitrogen and oxygen atoms in total. The van der Waals surface area contributed by atoms with Crippen molar-refractivity contribution in [2.24, 2.45) is 11.1 Å². The highest BCUT2D eigenvalue weighted by atomic mass is 16.2. The number of amides is 1. The summed E-state index contributed by atoms with van der Waals surface area (Å²) in [5.74, 6) is 0.0888. The van der Waals surface area contributed by atoms with Gasteiger partial charge in [-0.2, -0.15) is 0 Å². The van der Waals surface area contributed by atoms with Crippen molar-refractivity contribution in [1.82, 2.24) is 5.32 Å². The molecule has 0 aromatic rings. The summed E-state index contributed by atoms with van der Waals surface area (Å²) in [6, 6.07) is 0. The van der Waals surface area contributed by atoms with Crippen LogP contribution in [0.1, 0.15) is 40.0 Å². The van der Waals surface area contributed by atoms with Gasteiger partial charge in [0.05, 0.1) is 5.41 Å². The molecular weight excluding hydrogens is 164 g/mol. The average molecular weight is 186 g/mol. The molecule has 0 aliphatic carbocycles. The quantitative estimate of drug-likeness (QED) is 0.614. The van der Waals surface area contributed by atoms with E-state index >= 15 is 0 Å². The minimum absolute atomic E-state index is 0.0888. The molecule has 0 saturated carbocycles. The number of hydrogen-bond donors (Lipinski definition) is 2. The second-order valence-corrected chi connectivity index (χ2v) is 3.73. The fourth-order valence-electron chi connectivity index (χ4n) is 0.990. The molecule has 0 radical (unpaired) electrons. The smallest absolute Gasteiger partial charge is 0.227 e. The van der Waals surface area contributed by atoms with Crippen LogP contribution in [0.3, 0.4) is 0 Å². The maximum atomic E-state index is 11.6. The third-order valence-corrected chi connectivity index (χ3v) is 2.59. The number of unbranched alkanes of at least 4 members (excludes halogenated alkanes) is 1. The van der Waals surface area contributed by atoms with Gasteiger partial charge < -0.3 is 11.1 Å². The topological polar surface area (TPSA) is 55.1 Å². The van der Waals surface area contributed by atoms with Crippen molar-refractivity contribution >= 4 is 5.91 Å². The summed E-state index contributed by atoms with van der Waals surface area (Å²) in [4.78, 5) is 11.6. The number of carbonyl (C=O) groups is 1. The summed E-state index contributed by atoms with van der Waals surface area (Å²) in [5, 5.41) is 2.91. The first-order valence-electron chi connectivity index (χ1n) is 5.09. The van der Waals surface area contributed by atoms with Crippen LogP contribution in [0, 0.1) is 5.41 Å². The monoisotopic (exact) mass is 186 g/mol. The first-order chi connectivity index (χ1) is 6.10. The van der Waals surface area contributed by atoms with Crippen LogP contribution < -0.4 is 11.1 Å². The molecule has 0 fully saturated rings. The van der Waals surface area contributed by atoms with Crippen LogP contribution in [0.2, 0.25) is 0 Å². The molecular formula is C10H22N2O. The predicted octanol–water partition coefficient (Wildman–Crippen LogP) is 1.28. The highest BCUT2D eigenvalue weighted by molar-refractivity contribution is 5.82. The number of hydrogen-bond acceptors (Lipinski definition) is 2. The lowest BCUT2D eigenvalue weighted by atomic mass is 9.87. The van der Waals surface area contributed by atoms with Crippen molar-refractivity contribution in [3.8, 4) is 0 Å². The summed E-state index contributed by atoms with van der Waals surface area (Å²) in [7, 11) is 0. The SMILES string of the molecule is CCCCNC(=O)C(C)(CC)CN. The van der Waals surface area contributed by atoms with Crippen LogP contribution >= 0.6 is 0 Å². The maximum absolute atomic E-state index is 11.6. The van der Waals surface area contributed by atoms with Gasteiger partial charge in [-0.15, -0.1) is 0 Å². The molecule has 1 atom stereocenters. The molecule has 1 unspecified atom stereocenters. The van der Waals surface area contributed by atoms with Gasteiger partial charge in [0.15, 0.2) is 0 Å². The van der Waals surface area contributed by atoms with Gasteiger partial charge in [0.2, 0.25) is 5.91 Å². The highest BCUT2D eigenvalue weighted by Crippen LogP contribution is 2.18. The Hall–Kier alpha value is -0.570. The van der Waals surface area contributed by atoms with E-state index in [0.717, 1.165) is 25.8 Å². The molecule has 3 heteroatoms. The molecule has 0 heterocycles. The van der Waals surface area contributed by atoms with Gasteiger partial charge in [0, 0.05) is 13.1 Å². The second kappa shape index (κ2) is 5.97. The maximum Gasteiger partial charge on any atom is 0.227 e. The standard InChI is InChI=1S/C10H22N2O/c1-4-6-7-12-9(13)10(3,5-2)8-11/h4-8,11H2,1-3H3,(H,12,13). The lowest BCUT2D eigenvalue weighted by molar-refractivity contribution is -0.129. The van der Waals surface area contributed by atoms with Crippen LogP contribution in [0.5, 0.6) is 0 Å². The minimum Gasteiger partial charge on any atom is -0.356 e. The average Bonchev–Trinajstić information content (AvgIpc) is 2.17. The van der Waals surface area contributed by atoms with Crippen molar-refractivity contribution in [3.05, 3.63) is 0 Å². The van der Waals surface area contributed by atoms with Gasteiger partial charge in [-0.05, 0) is 19.8 Å². The minimum atomic E-state index is -0.381. The Kier molecular flexibility index (Phi) is 5.71. The lowest BCUT2D eigenvalue weighted by Crippen LogP contribution is -2.43. The Labute approximate surface area is 81.1 Å². The highest BCUT2D eigenvalue weighted by Gasteiger charge is 2.28. The number of nitrogens with two attached hydrogens (primary N) is 1. The van der Waals surface area contributed by atoms with E-state index in [2.05, 4.69) is 12.2 Å². The Morgan fingerprint density at radius 3 is 2.46 bits per heavy atom. The molecule has 0 aliphatic heterocycles. The van der Waals surface area contributed by atoms with Crippen molar-refractivity contribution in [2.45, 2.75) is 40.0 Å². The van der Waals surface area contributed by atoms with Gasteiger partial charge in [-0.1, -0.05) is 20.3 Å². The summed E-state index contributed by atoms with van der Waals surface area (Å²) < 4.78 is 0. The third-order valence-electron chi connectivity index (χ3n) is 2.59. The summed E-state index contributed by atoms with van der Waals surface area (Å²) in [6.07, 6.45) is 2.93. The fourth-order valence-corrected chi connectivity index (χ4v) is 0.990. The normalized spacial score (nSPS) is 15.1. The molecule has 0 saturated heterocycles. The Morgan fingerprint density at radius 1 is 1.46 bits per heavy atom. The van der Waals surface area contributed by atoms with E-state index in [-0.39, 0.29) is 11.3 Å². The molecule has 0 bridgehead atoms. The van der Waals surface area contributed by atoms with E-state index in [1.165, 1.54) is 0 Å². The van der Waals surface area contributed by atoms with Gasteiger partial charge >= 0.3 is 0 Å².